The van der Waals surface area contributed by atoms with Gasteiger partial charge in [0, 0.05) is 5.34 Å². The zero-order valence-corrected chi connectivity index (χ0v) is 3.84. The Labute approximate surface area is 69.6 Å². The molecule has 0 fully saturated rings. The molecule has 8 heavy (non-hydrogen) atoms. The van der Waals surface area contributed by atoms with Crippen molar-refractivity contribution in [2.45, 2.75) is 0 Å². The van der Waals surface area contributed by atoms with Crippen LogP contribution in [0.5, 0.6) is 0 Å². The fraction of sp³-hybridized carbons (Fsp3) is 0. The van der Waals surface area contributed by atoms with E-state index in [9.17, 15) is 0 Å². The first kappa shape index (κ1) is 15.8. The van der Waals surface area contributed by atoms with Crippen molar-refractivity contribution in [3.63, 3.8) is 0 Å². The maximum atomic E-state index is 8.67. The standard InChI is InChI=1S/HNO2.Na.H2O3S.H/c2-1-3;;1-4(2)3;/h1H;;(H2,1,2,3);. The Balaban J connectivity index is -0.0000000575. The second kappa shape index (κ2) is 15.6. The average Bonchev–Trinajstić information content (AvgIpc) is 1.33. The van der Waals surface area contributed by atoms with Gasteiger partial charge in [-0.1, -0.05) is 0 Å². The summed E-state index contributed by atoms with van der Waals surface area (Å²) >= 11 is -2.61. The summed E-state index contributed by atoms with van der Waals surface area (Å²) in [6.45, 7) is 0. The SMILES string of the molecule is O=S(O)O.O=[NH+][O-].[NaH]. The molecule has 0 unspecified atom stereocenters. The molecule has 0 saturated heterocycles. The van der Waals surface area contributed by atoms with Crippen molar-refractivity contribution in [1.82, 2.24) is 0 Å². The van der Waals surface area contributed by atoms with Gasteiger partial charge in [-0.2, -0.15) is 4.21 Å². The van der Waals surface area contributed by atoms with E-state index >= 15 is 0 Å². The van der Waals surface area contributed by atoms with Gasteiger partial charge in [-0.05, 0) is 0 Å². The molecule has 0 atom stereocenters. The van der Waals surface area contributed by atoms with E-state index in [2.05, 4.69) is 0 Å². The predicted molar refractivity (Wildman–Crippen MR) is 28.2 cm³/mol. The first-order valence-corrected chi connectivity index (χ1v) is 2.00. The Kier molecular flexibility index (Phi) is 30.9. The Morgan fingerprint density at radius 1 is 1.50 bits per heavy atom. The molecule has 0 saturated carbocycles. The number of rotatable bonds is 0. The summed E-state index contributed by atoms with van der Waals surface area (Å²) in [5, 5.41) is 8.38. The molecule has 0 aromatic heterocycles. The molecule has 0 aromatic carbocycles. The molecular formula is H4NNaO5S. The summed E-state index contributed by atoms with van der Waals surface area (Å²) in [5.41, 5.74) is 0. The first-order valence-electron chi connectivity index (χ1n) is 0.940. The predicted octanol–water partition coefficient (Wildman–Crippen LogP) is -2.64. The van der Waals surface area contributed by atoms with E-state index in [0.717, 1.165) is 0 Å². The topological polar surface area (TPSA) is 112 Å². The van der Waals surface area contributed by atoms with Gasteiger partial charge in [-0.25, -0.2) is 0 Å². The van der Waals surface area contributed by atoms with Gasteiger partial charge in [0.25, 0.3) is 11.4 Å². The summed E-state index contributed by atoms with van der Waals surface area (Å²) in [7, 11) is 0. The third-order valence-electron chi connectivity index (χ3n) is 0. The second-order valence-electron chi connectivity index (χ2n) is 0.314. The Bertz CT molecular complexity index is 59.4. The first-order chi connectivity index (χ1) is 3.15. The molecule has 0 heterocycles. The van der Waals surface area contributed by atoms with E-state index in [1.54, 1.807) is 0 Å². The van der Waals surface area contributed by atoms with Gasteiger partial charge in [-0.3, -0.25) is 19.2 Å². The van der Waals surface area contributed by atoms with Crippen molar-refractivity contribution in [2.24, 2.45) is 0 Å². The van der Waals surface area contributed by atoms with Crippen LogP contribution in [0.2, 0.25) is 0 Å². The quantitative estimate of drug-likeness (QED) is 0.152. The molecule has 0 aliphatic heterocycles. The zero-order chi connectivity index (χ0) is 6.28. The van der Waals surface area contributed by atoms with E-state index in [1.165, 1.54) is 0 Å². The van der Waals surface area contributed by atoms with Crippen LogP contribution in [0.25, 0.3) is 0 Å². The molecule has 0 aliphatic rings. The van der Waals surface area contributed by atoms with Gasteiger partial charge >= 0.3 is 29.6 Å². The monoisotopic (exact) mass is 153 g/mol. The number of nitrogens with one attached hydrogen (secondary N) is 1. The van der Waals surface area contributed by atoms with Gasteiger partial charge < -0.3 is 0 Å². The summed E-state index contributed by atoms with van der Waals surface area (Å²) in [6.07, 6.45) is 0. The average molecular weight is 153 g/mol. The molecule has 0 aliphatic carbocycles. The van der Waals surface area contributed by atoms with Crippen LogP contribution in [0, 0.1) is 10.1 Å². The maximum absolute atomic E-state index is 8.67. The van der Waals surface area contributed by atoms with Gasteiger partial charge in [0.05, 0.1) is 0 Å². The summed E-state index contributed by atoms with van der Waals surface area (Å²) in [4.78, 5) is 8.12. The van der Waals surface area contributed by atoms with Crippen molar-refractivity contribution < 1.29 is 18.7 Å². The Morgan fingerprint density at radius 3 is 1.50 bits per heavy atom. The third-order valence-corrected chi connectivity index (χ3v) is 0. The van der Waals surface area contributed by atoms with E-state index in [0.29, 0.717) is 0 Å². The van der Waals surface area contributed by atoms with Crippen LogP contribution < -0.4 is 5.34 Å². The molecular weight excluding hydrogens is 149 g/mol. The van der Waals surface area contributed by atoms with Crippen LogP contribution in [0.1, 0.15) is 0 Å². The molecule has 0 amide bonds. The van der Waals surface area contributed by atoms with E-state index in [-0.39, 0.29) is 34.9 Å². The van der Waals surface area contributed by atoms with Crippen LogP contribution in [0.3, 0.4) is 0 Å². The second-order valence-corrected chi connectivity index (χ2v) is 0.775. The molecule has 3 N–H and O–H groups in total. The van der Waals surface area contributed by atoms with E-state index in [1.807, 2.05) is 0 Å². The molecule has 0 aromatic rings. The normalized spacial score (nSPS) is 5.88. The molecule has 0 radical (unpaired) electrons. The molecule has 0 spiro atoms. The fourth-order valence-corrected chi connectivity index (χ4v) is 0. The summed E-state index contributed by atoms with van der Waals surface area (Å²) in [5.74, 6) is 0. The fourth-order valence-electron chi connectivity index (χ4n) is 0. The molecule has 0 bridgehead atoms. The summed E-state index contributed by atoms with van der Waals surface area (Å²) in [6, 6.07) is 0. The van der Waals surface area contributed by atoms with E-state index < -0.39 is 11.4 Å². The van der Waals surface area contributed by atoms with Crippen LogP contribution in [0.4, 0.5) is 0 Å². The molecule has 6 nitrogen and oxygen atoms in total. The van der Waals surface area contributed by atoms with Crippen molar-refractivity contribution in [2.75, 3.05) is 0 Å². The van der Waals surface area contributed by atoms with Gasteiger partial charge in [0.15, 0.2) is 0 Å². The van der Waals surface area contributed by atoms with Crippen molar-refractivity contribution in [3.8, 4) is 0 Å². The van der Waals surface area contributed by atoms with Crippen molar-refractivity contribution in [1.29, 1.82) is 0 Å². The zero-order valence-electron chi connectivity index (χ0n) is 3.03. The Morgan fingerprint density at radius 2 is 1.50 bits per heavy atom. The minimum absolute atomic E-state index is 0. The molecule has 46 valence electrons. The van der Waals surface area contributed by atoms with Gasteiger partial charge in [-0.15, -0.1) is 0 Å². The molecule has 0 rings (SSSR count). The van der Waals surface area contributed by atoms with Gasteiger partial charge in [0.2, 0.25) is 0 Å². The molecule has 8 heteroatoms. The summed E-state index contributed by atoms with van der Waals surface area (Å²) < 4.78 is 22.8. The van der Waals surface area contributed by atoms with Crippen LogP contribution in [-0.2, 0) is 11.4 Å². The van der Waals surface area contributed by atoms with Crippen molar-refractivity contribution >= 4 is 40.9 Å². The Hall–Kier alpha value is 0.470. The van der Waals surface area contributed by atoms with Crippen molar-refractivity contribution in [3.05, 3.63) is 10.1 Å². The third kappa shape index (κ3) is 876. The minimum atomic E-state index is -2.61. The number of hydrogen-bond acceptors (Lipinski definition) is 3. The van der Waals surface area contributed by atoms with E-state index in [4.69, 9.17) is 23.4 Å². The number of hydrogen-bond donors (Lipinski definition) is 3. The van der Waals surface area contributed by atoms with Crippen LogP contribution in [-0.4, -0.2) is 42.9 Å². The van der Waals surface area contributed by atoms with Gasteiger partial charge in [0.1, 0.15) is 0 Å². The van der Waals surface area contributed by atoms with Crippen LogP contribution >= 0.6 is 0 Å². The van der Waals surface area contributed by atoms with Crippen LogP contribution in [0.15, 0.2) is 0 Å².